The minimum absolute atomic E-state index is 0.246. The Kier molecular flexibility index (Phi) is 6.41. The maximum Gasteiger partial charge on any atom is 0.278 e. The molecule has 0 bridgehead atoms. The van der Waals surface area contributed by atoms with Crippen molar-refractivity contribution >= 4 is 17.0 Å². The van der Waals surface area contributed by atoms with Gasteiger partial charge in [0.15, 0.2) is 6.61 Å². The number of thioether (sulfide) groups is 1. The third-order valence-corrected chi connectivity index (χ3v) is 6.73. The van der Waals surface area contributed by atoms with Gasteiger partial charge in [-0.3, -0.25) is 0 Å². The summed E-state index contributed by atoms with van der Waals surface area (Å²) in [5.41, 5.74) is 0. The molecule has 2 unspecified atom stereocenters. The number of alkyl halides is 2. The lowest BCUT2D eigenvalue weighted by Gasteiger charge is -2.26. The third kappa shape index (κ3) is 5.58. The Bertz CT molecular complexity index is 435. The fourth-order valence-corrected chi connectivity index (χ4v) is 5.18. The highest BCUT2D eigenvalue weighted by Crippen LogP contribution is 2.35. The summed E-state index contributed by atoms with van der Waals surface area (Å²) in [4.78, 5) is 7.14. The van der Waals surface area contributed by atoms with Gasteiger partial charge < -0.3 is 9.64 Å². The number of likely N-dealkylation sites (tertiary alicyclic amines) is 1. The van der Waals surface area contributed by atoms with Gasteiger partial charge in [-0.05, 0) is 38.3 Å². The molecule has 1 saturated carbocycles. The minimum Gasteiger partial charge on any atom is -0.467 e. The molecule has 3 rings (SSSR count). The van der Waals surface area contributed by atoms with Crippen molar-refractivity contribution in [2.24, 2.45) is 10.9 Å². The van der Waals surface area contributed by atoms with E-state index < -0.39 is 12.5 Å². The quantitative estimate of drug-likeness (QED) is 0.718. The molecule has 2 atom stereocenters. The monoisotopic (exact) mass is 360 g/mol. The van der Waals surface area contributed by atoms with Crippen LogP contribution in [0.3, 0.4) is 0 Å². The van der Waals surface area contributed by atoms with Crippen molar-refractivity contribution in [2.45, 2.75) is 75.5 Å². The smallest absolute Gasteiger partial charge is 0.278 e. The van der Waals surface area contributed by atoms with E-state index in [-0.39, 0.29) is 6.04 Å². The summed E-state index contributed by atoms with van der Waals surface area (Å²) >= 11 is 1.56. The van der Waals surface area contributed by atoms with Crippen molar-refractivity contribution in [1.29, 1.82) is 0 Å². The highest BCUT2D eigenvalue weighted by Gasteiger charge is 2.35. The van der Waals surface area contributed by atoms with Crippen LogP contribution in [0.1, 0.15) is 58.3 Å². The number of rotatable bonds is 5. The van der Waals surface area contributed by atoms with Crippen molar-refractivity contribution in [3.8, 4) is 0 Å². The van der Waals surface area contributed by atoms with E-state index in [9.17, 15) is 8.78 Å². The molecule has 0 spiro atoms. The highest BCUT2D eigenvalue weighted by molar-refractivity contribution is 8.14. The van der Waals surface area contributed by atoms with E-state index in [1.807, 2.05) is 0 Å². The summed E-state index contributed by atoms with van der Waals surface area (Å²) in [5.74, 6) is -1.85. The number of hydrogen-bond donors (Lipinski definition) is 0. The van der Waals surface area contributed by atoms with Crippen LogP contribution in [0.2, 0.25) is 0 Å². The Balaban J connectivity index is 1.41. The first kappa shape index (κ1) is 18.4. The molecule has 24 heavy (non-hydrogen) atoms. The van der Waals surface area contributed by atoms with Crippen molar-refractivity contribution in [1.82, 2.24) is 4.90 Å². The molecule has 2 aliphatic heterocycles. The maximum atomic E-state index is 12.9. The predicted molar refractivity (Wildman–Crippen MR) is 96.0 cm³/mol. The van der Waals surface area contributed by atoms with Crippen molar-refractivity contribution < 1.29 is 13.5 Å². The zero-order valence-corrected chi connectivity index (χ0v) is 15.5. The second kappa shape index (κ2) is 8.35. The summed E-state index contributed by atoms with van der Waals surface area (Å²) in [6.45, 7) is 3.72. The van der Waals surface area contributed by atoms with Gasteiger partial charge in [0.1, 0.15) is 0 Å². The lowest BCUT2D eigenvalue weighted by Crippen LogP contribution is -2.28. The van der Waals surface area contributed by atoms with E-state index in [1.165, 1.54) is 45.1 Å². The minimum atomic E-state index is -2.79. The topological polar surface area (TPSA) is 24.8 Å². The second-order valence-corrected chi connectivity index (χ2v) is 8.88. The molecule has 0 aromatic heterocycles. The summed E-state index contributed by atoms with van der Waals surface area (Å²) in [7, 11) is 0. The molecule has 2 heterocycles. The molecular weight excluding hydrogens is 330 g/mol. The molecule has 138 valence electrons. The van der Waals surface area contributed by atoms with E-state index in [0.29, 0.717) is 10.5 Å². The SMILES string of the molecule is CC(F)(F)COC1=NC2CCN(CCC3CCCCC3)CCC2S1. The van der Waals surface area contributed by atoms with Gasteiger partial charge in [0, 0.05) is 18.7 Å². The van der Waals surface area contributed by atoms with Gasteiger partial charge in [-0.15, -0.1) is 0 Å². The molecule has 0 aromatic rings. The van der Waals surface area contributed by atoms with Gasteiger partial charge in [0.05, 0.1) is 6.04 Å². The summed E-state index contributed by atoms with van der Waals surface area (Å²) < 4.78 is 31.0. The van der Waals surface area contributed by atoms with E-state index >= 15 is 0 Å². The molecular formula is C18H30F2N2OS. The van der Waals surface area contributed by atoms with Gasteiger partial charge in [-0.2, -0.15) is 0 Å². The highest BCUT2D eigenvalue weighted by atomic mass is 32.2. The van der Waals surface area contributed by atoms with Gasteiger partial charge in [0.2, 0.25) is 5.23 Å². The zero-order chi connectivity index (χ0) is 17.0. The standard InChI is InChI=1S/C18H30F2N2OS/c1-18(19,20)13-23-17-21-15-8-11-22(12-9-16(15)24-17)10-7-14-5-3-2-4-6-14/h14-16H,2-13H2,1H3. The molecule has 0 amide bonds. The molecule has 1 saturated heterocycles. The normalized spacial score (nSPS) is 29.9. The maximum absolute atomic E-state index is 12.9. The lowest BCUT2D eigenvalue weighted by atomic mass is 9.87. The van der Waals surface area contributed by atoms with Crippen LogP contribution in [0.25, 0.3) is 0 Å². The Hall–Kier alpha value is -0.360. The van der Waals surface area contributed by atoms with Crippen molar-refractivity contribution in [2.75, 3.05) is 26.2 Å². The van der Waals surface area contributed by atoms with E-state index in [4.69, 9.17) is 4.74 Å². The van der Waals surface area contributed by atoms with Gasteiger partial charge in [0.25, 0.3) is 5.92 Å². The van der Waals surface area contributed by atoms with Crippen molar-refractivity contribution in [3.63, 3.8) is 0 Å². The molecule has 3 aliphatic rings. The Morgan fingerprint density at radius 2 is 1.92 bits per heavy atom. The fourth-order valence-electron chi connectivity index (χ4n) is 4.02. The predicted octanol–water partition coefficient (Wildman–Crippen LogP) is 4.56. The van der Waals surface area contributed by atoms with Crippen LogP contribution in [0, 0.1) is 5.92 Å². The van der Waals surface area contributed by atoms with Crippen LogP contribution in [0.15, 0.2) is 4.99 Å². The number of hydrogen-bond acceptors (Lipinski definition) is 4. The first-order chi connectivity index (χ1) is 11.5. The first-order valence-electron chi connectivity index (χ1n) is 9.47. The van der Waals surface area contributed by atoms with Crippen LogP contribution in [-0.2, 0) is 4.74 Å². The zero-order valence-electron chi connectivity index (χ0n) is 14.7. The summed E-state index contributed by atoms with van der Waals surface area (Å²) in [6, 6.07) is 0.246. The summed E-state index contributed by atoms with van der Waals surface area (Å²) in [6.07, 6.45) is 10.5. The molecule has 0 aromatic carbocycles. The van der Waals surface area contributed by atoms with Crippen LogP contribution >= 0.6 is 11.8 Å². The third-order valence-electron chi connectivity index (χ3n) is 5.45. The van der Waals surface area contributed by atoms with Gasteiger partial charge in [-0.1, -0.05) is 43.9 Å². The average molecular weight is 361 g/mol. The molecule has 1 aliphatic carbocycles. The van der Waals surface area contributed by atoms with Crippen molar-refractivity contribution in [3.05, 3.63) is 0 Å². The number of halogens is 2. The first-order valence-corrected chi connectivity index (χ1v) is 10.3. The largest absolute Gasteiger partial charge is 0.467 e. The molecule has 0 N–H and O–H groups in total. The van der Waals surface area contributed by atoms with Crippen LogP contribution in [-0.4, -0.2) is 53.6 Å². The number of nitrogens with zero attached hydrogens (tertiary/aromatic N) is 2. The van der Waals surface area contributed by atoms with Gasteiger partial charge in [-0.25, -0.2) is 13.8 Å². The molecule has 3 nitrogen and oxygen atoms in total. The van der Waals surface area contributed by atoms with Gasteiger partial charge >= 0.3 is 0 Å². The average Bonchev–Trinajstić information content (AvgIpc) is 2.85. The number of fused-ring (bicyclic) bond motifs is 1. The molecule has 2 fully saturated rings. The van der Waals surface area contributed by atoms with E-state index in [1.54, 1.807) is 11.8 Å². The lowest BCUT2D eigenvalue weighted by molar-refractivity contribution is -0.0257. The fraction of sp³-hybridized carbons (Fsp3) is 0.944. The Morgan fingerprint density at radius 1 is 1.17 bits per heavy atom. The second-order valence-electron chi connectivity index (χ2n) is 7.69. The van der Waals surface area contributed by atoms with Crippen LogP contribution in [0.4, 0.5) is 8.78 Å². The number of aliphatic imine (C=N–C) groups is 1. The Morgan fingerprint density at radius 3 is 2.67 bits per heavy atom. The van der Waals surface area contributed by atoms with E-state index in [2.05, 4.69) is 9.89 Å². The Labute approximate surface area is 148 Å². The van der Waals surface area contributed by atoms with E-state index in [0.717, 1.165) is 38.8 Å². The van der Waals surface area contributed by atoms with Crippen LogP contribution < -0.4 is 0 Å². The number of ether oxygens (including phenoxy) is 1. The van der Waals surface area contributed by atoms with Crippen LogP contribution in [0.5, 0.6) is 0 Å². The summed E-state index contributed by atoms with van der Waals surface area (Å²) in [5, 5.41) is 0.882. The molecule has 0 radical (unpaired) electrons. The molecule has 6 heteroatoms.